The average Bonchev–Trinajstić information content (AvgIpc) is 3.37. The smallest absolute Gasteiger partial charge is 0.257 e. The van der Waals surface area contributed by atoms with Crippen LogP contribution in [0, 0.1) is 6.92 Å². The molecule has 2 aromatic heterocycles. The summed E-state index contributed by atoms with van der Waals surface area (Å²) < 4.78 is 3.72. The minimum absolute atomic E-state index is 0.0642. The van der Waals surface area contributed by atoms with Crippen molar-refractivity contribution in [3.63, 3.8) is 0 Å². The van der Waals surface area contributed by atoms with Gasteiger partial charge in [0.25, 0.3) is 5.91 Å². The van der Waals surface area contributed by atoms with Crippen molar-refractivity contribution in [2.45, 2.75) is 32.4 Å². The van der Waals surface area contributed by atoms with Crippen molar-refractivity contribution in [2.24, 2.45) is 0 Å². The van der Waals surface area contributed by atoms with Crippen LogP contribution in [0.4, 0.5) is 0 Å². The molecular weight excluding hydrogens is 314 g/mol. The van der Waals surface area contributed by atoms with Crippen molar-refractivity contribution in [1.29, 1.82) is 0 Å². The second-order valence-electron chi connectivity index (χ2n) is 6.41. The van der Waals surface area contributed by atoms with Crippen LogP contribution < -0.4 is 0 Å². The van der Waals surface area contributed by atoms with E-state index in [0.717, 1.165) is 37.3 Å². The SMILES string of the molecule is Cc1c(C(=O)N2CCC[C@H]2Cn2cccn2)cnn1-c1ccccc1. The van der Waals surface area contributed by atoms with Crippen molar-refractivity contribution < 1.29 is 4.79 Å². The molecule has 1 aromatic carbocycles. The summed E-state index contributed by atoms with van der Waals surface area (Å²) in [4.78, 5) is 15.1. The standard InChI is InChI=1S/C19H21N5O/c1-15-18(13-21-24(15)16-7-3-2-4-8-16)19(25)23-12-5-9-17(23)14-22-11-6-10-20-22/h2-4,6-8,10-11,13,17H,5,9,12,14H2,1H3/t17-/m0/s1. The van der Waals surface area contributed by atoms with Gasteiger partial charge in [-0.2, -0.15) is 10.2 Å². The summed E-state index contributed by atoms with van der Waals surface area (Å²) in [6, 6.07) is 12.0. The monoisotopic (exact) mass is 335 g/mol. The second kappa shape index (κ2) is 6.55. The highest BCUT2D eigenvalue weighted by Crippen LogP contribution is 2.23. The number of rotatable bonds is 4. The molecule has 0 bridgehead atoms. The van der Waals surface area contributed by atoms with Crippen LogP contribution in [0.25, 0.3) is 5.69 Å². The number of hydrogen-bond acceptors (Lipinski definition) is 3. The largest absolute Gasteiger partial charge is 0.334 e. The number of hydrogen-bond donors (Lipinski definition) is 0. The van der Waals surface area contributed by atoms with Crippen LogP contribution in [0.15, 0.2) is 55.0 Å². The van der Waals surface area contributed by atoms with E-state index in [-0.39, 0.29) is 11.9 Å². The third-order valence-corrected chi connectivity index (χ3v) is 4.84. The van der Waals surface area contributed by atoms with E-state index in [2.05, 4.69) is 10.2 Å². The summed E-state index contributed by atoms with van der Waals surface area (Å²) >= 11 is 0. The van der Waals surface area contributed by atoms with E-state index < -0.39 is 0 Å². The molecule has 4 rings (SSSR count). The van der Waals surface area contributed by atoms with Crippen LogP contribution in [0.1, 0.15) is 28.9 Å². The molecule has 0 radical (unpaired) electrons. The number of aromatic nitrogens is 4. The minimum atomic E-state index is 0.0642. The summed E-state index contributed by atoms with van der Waals surface area (Å²) in [7, 11) is 0. The third kappa shape index (κ3) is 2.95. The predicted molar refractivity (Wildman–Crippen MR) is 94.6 cm³/mol. The van der Waals surface area contributed by atoms with Crippen LogP contribution in [-0.4, -0.2) is 43.0 Å². The average molecular weight is 335 g/mol. The van der Waals surface area contributed by atoms with Gasteiger partial charge in [-0.15, -0.1) is 0 Å². The number of para-hydroxylation sites is 1. The van der Waals surface area contributed by atoms with Gasteiger partial charge in [-0.3, -0.25) is 9.48 Å². The van der Waals surface area contributed by atoms with Gasteiger partial charge in [0.05, 0.1) is 35.7 Å². The Labute approximate surface area is 146 Å². The third-order valence-electron chi connectivity index (χ3n) is 4.84. The second-order valence-corrected chi connectivity index (χ2v) is 6.41. The quantitative estimate of drug-likeness (QED) is 0.736. The molecule has 3 heterocycles. The van der Waals surface area contributed by atoms with E-state index in [4.69, 9.17) is 0 Å². The molecule has 1 fully saturated rings. The molecule has 128 valence electrons. The van der Waals surface area contributed by atoms with Crippen LogP contribution in [0.2, 0.25) is 0 Å². The Kier molecular flexibility index (Phi) is 4.09. The maximum atomic E-state index is 13.1. The lowest BCUT2D eigenvalue weighted by atomic mass is 10.2. The Balaban J connectivity index is 1.57. The molecule has 1 aliphatic heterocycles. The van der Waals surface area contributed by atoms with Gasteiger partial charge in [0, 0.05) is 18.9 Å². The number of benzene rings is 1. The van der Waals surface area contributed by atoms with E-state index in [0.29, 0.717) is 5.56 Å². The summed E-state index contributed by atoms with van der Waals surface area (Å²) in [6.07, 6.45) is 7.45. The molecule has 1 saturated heterocycles. The zero-order valence-electron chi connectivity index (χ0n) is 14.2. The van der Waals surface area contributed by atoms with Gasteiger partial charge in [-0.1, -0.05) is 18.2 Å². The highest BCUT2D eigenvalue weighted by molar-refractivity contribution is 5.95. The molecule has 25 heavy (non-hydrogen) atoms. The minimum Gasteiger partial charge on any atom is -0.334 e. The molecule has 1 atom stereocenters. The van der Waals surface area contributed by atoms with E-state index >= 15 is 0 Å². The zero-order chi connectivity index (χ0) is 17.2. The molecule has 0 saturated carbocycles. The molecule has 1 aliphatic rings. The van der Waals surface area contributed by atoms with Gasteiger partial charge >= 0.3 is 0 Å². The van der Waals surface area contributed by atoms with Crippen LogP contribution in [0.3, 0.4) is 0 Å². The Bertz CT molecular complexity index is 853. The van der Waals surface area contributed by atoms with Crippen molar-refractivity contribution in [3.8, 4) is 5.69 Å². The normalized spacial score (nSPS) is 17.2. The number of carbonyl (C=O) groups excluding carboxylic acids is 1. The first-order chi connectivity index (χ1) is 12.2. The summed E-state index contributed by atoms with van der Waals surface area (Å²) in [5.41, 5.74) is 2.52. The number of likely N-dealkylation sites (tertiary alicyclic amines) is 1. The molecule has 0 aliphatic carbocycles. The molecule has 0 N–H and O–H groups in total. The molecule has 3 aromatic rings. The van der Waals surface area contributed by atoms with Crippen molar-refractivity contribution in [1.82, 2.24) is 24.5 Å². The lowest BCUT2D eigenvalue weighted by molar-refractivity contribution is 0.0721. The first-order valence-electron chi connectivity index (χ1n) is 8.62. The fourth-order valence-corrected chi connectivity index (χ4v) is 3.52. The Morgan fingerprint density at radius 2 is 2.04 bits per heavy atom. The lowest BCUT2D eigenvalue weighted by Crippen LogP contribution is -2.38. The fourth-order valence-electron chi connectivity index (χ4n) is 3.52. The highest BCUT2D eigenvalue weighted by atomic mass is 16.2. The lowest BCUT2D eigenvalue weighted by Gasteiger charge is -2.24. The van der Waals surface area contributed by atoms with Gasteiger partial charge in [0.2, 0.25) is 0 Å². The first kappa shape index (κ1) is 15.6. The van der Waals surface area contributed by atoms with Crippen molar-refractivity contribution >= 4 is 5.91 Å². The maximum absolute atomic E-state index is 13.1. The van der Waals surface area contributed by atoms with Gasteiger partial charge in [0.15, 0.2) is 0 Å². The molecule has 6 nitrogen and oxygen atoms in total. The highest BCUT2D eigenvalue weighted by Gasteiger charge is 2.31. The van der Waals surface area contributed by atoms with Crippen molar-refractivity contribution in [2.75, 3.05) is 6.54 Å². The molecule has 0 unspecified atom stereocenters. The van der Waals surface area contributed by atoms with Crippen LogP contribution in [0.5, 0.6) is 0 Å². The molecule has 0 spiro atoms. The van der Waals surface area contributed by atoms with E-state index in [9.17, 15) is 4.79 Å². The van der Waals surface area contributed by atoms with Crippen LogP contribution in [-0.2, 0) is 6.54 Å². The molecule has 1 amide bonds. The van der Waals surface area contributed by atoms with Gasteiger partial charge in [-0.05, 0) is 38.0 Å². The Morgan fingerprint density at radius 1 is 1.20 bits per heavy atom. The molecular formula is C19H21N5O. The maximum Gasteiger partial charge on any atom is 0.257 e. The number of amides is 1. The Hall–Kier alpha value is -2.89. The topological polar surface area (TPSA) is 56.0 Å². The van der Waals surface area contributed by atoms with Gasteiger partial charge in [-0.25, -0.2) is 4.68 Å². The number of carbonyl (C=O) groups is 1. The Morgan fingerprint density at radius 3 is 2.80 bits per heavy atom. The van der Waals surface area contributed by atoms with E-state index in [1.54, 1.807) is 12.4 Å². The van der Waals surface area contributed by atoms with Crippen molar-refractivity contribution in [3.05, 3.63) is 66.2 Å². The van der Waals surface area contributed by atoms with E-state index in [1.807, 2.05) is 63.8 Å². The molecule has 6 heteroatoms. The predicted octanol–water partition coefficient (Wildman–Crippen LogP) is 2.68. The fraction of sp³-hybridized carbons (Fsp3) is 0.316. The summed E-state index contributed by atoms with van der Waals surface area (Å²) in [5.74, 6) is 0.0642. The van der Waals surface area contributed by atoms with Crippen LogP contribution >= 0.6 is 0 Å². The first-order valence-corrected chi connectivity index (χ1v) is 8.62. The summed E-state index contributed by atoms with van der Waals surface area (Å²) in [5, 5.41) is 8.70. The summed E-state index contributed by atoms with van der Waals surface area (Å²) in [6.45, 7) is 3.48. The zero-order valence-corrected chi connectivity index (χ0v) is 14.2. The van der Waals surface area contributed by atoms with Gasteiger partial charge in [0.1, 0.15) is 0 Å². The van der Waals surface area contributed by atoms with E-state index in [1.165, 1.54) is 0 Å². The number of nitrogens with zero attached hydrogens (tertiary/aromatic N) is 5. The van der Waals surface area contributed by atoms with Gasteiger partial charge < -0.3 is 4.90 Å².